The number of hydrogen-bond donors (Lipinski definition) is 2. The normalized spacial score (nSPS) is 17.3. The number of anilines is 2. The van der Waals surface area contributed by atoms with Gasteiger partial charge in [-0.3, -0.25) is 14.5 Å². The molecule has 1 saturated heterocycles. The Morgan fingerprint density at radius 3 is 2.85 bits per heavy atom. The molecule has 2 amide bonds. The number of nitrogens with zero attached hydrogens (tertiary/aromatic N) is 2. The smallest absolute Gasteiger partial charge is 0.241 e. The van der Waals surface area contributed by atoms with Crippen molar-refractivity contribution in [1.29, 1.82) is 0 Å². The van der Waals surface area contributed by atoms with E-state index >= 15 is 0 Å². The van der Waals surface area contributed by atoms with Crippen LogP contribution in [0.15, 0.2) is 28.8 Å². The largest absolute Gasteiger partial charge is 0.360 e. The SMILES string of the molecule is Cc1cc(NC(=O)CN2CCCC2C(=O)Nc2cc(Cl)ccc2Cl)no1. The Hall–Kier alpha value is -2.09. The van der Waals surface area contributed by atoms with Gasteiger partial charge in [-0.15, -0.1) is 0 Å². The summed E-state index contributed by atoms with van der Waals surface area (Å²) in [5.74, 6) is 0.506. The molecule has 7 nitrogen and oxygen atoms in total. The molecule has 26 heavy (non-hydrogen) atoms. The first kappa shape index (κ1) is 18.7. The van der Waals surface area contributed by atoms with Crippen LogP contribution in [0.4, 0.5) is 11.5 Å². The Kier molecular flexibility index (Phi) is 5.80. The maximum absolute atomic E-state index is 12.6. The monoisotopic (exact) mass is 396 g/mol. The van der Waals surface area contributed by atoms with E-state index in [1.165, 1.54) is 0 Å². The molecule has 2 aromatic rings. The first-order chi connectivity index (χ1) is 12.4. The van der Waals surface area contributed by atoms with Gasteiger partial charge in [0.15, 0.2) is 5.82 Å². The van der Waals surface area contributed by atoms with Gasteiger partial charge in [0.05, 0.1) is 23.3 Å². The van der Waals surface area contributed by atoms with Crippen molar-refractivity contribution < 1.29 is 14.1 Å². The van der Waals surface area contributed by atoms with Gasteiger partial charge in [-0.2, -0.15) is 0 Å². The van der Waals surface area contributed by atoms with Gasteiger partial charge >= 0.3 is 0 Å². The molecule has 0 saturated carbocycles. The zero-order valence-corrected chi connectivity index (χ0v) is 15.6. The second kappa shape index (κ2) is 8.07. The highest BCUT2D eigenvalue weighted by atomic mass is 35.5. The maximum Gasteiger partial charge on any atom is 0.241 e. The Morgan fingerprint density at radius 1 is 1.31 bits per heavy atom. The molecular weight excluding hydrogens is 379 g/mol. The van der Waals surface area contributed by atoms with Crippen molar-refractivity contribution in [3.8, 4) is 0 Å². The van der Waals surface area contributed by atoms with Crippen LogP contribution < -0.4 is 10.6 Å². The predicted octanol–water partition coefficient (Wildman–Crippen LogP) is 3.33. The van der Waals surface area contributed by atoms with Gasteiger partial charge in [-0.1, -0.05) is 28.4 Å². The zero-order valence-electron chi connectivity index (χ0n) is 14.1. The van der Waals surface area contributed by atoms with E-state index in [0.29, 0.717) is 40.3 Å². The highest BCUT2D eigenvalue weighted by molar-refractivity contribution is 6.35. The van der Waals surface area contributed by atoms with E-state index in [9.17, 15) is 9.59 Å². The molecule has 9 heteroatoms. The van der Waals surface area contributed by atoms with Crippen molar-refractivity contribution in [2.75, 3.05) is 23.7 Å². The van der Waals surface area contributed by atoms with Gasteiger partial charge in [0.1, 0.15) is 5.76 Å². The van der Waals surface area contributed by atoms with E-state index in [2.05, 4.69) is 15.8 Å². The molecule has 1 aliphatic heterocycles. The number of likely N-dealkylation sites (tertiary alicyclic amines) is 1. The Morgan fingerprint density at radius 2 is 2.12 bits per heavy atom. The summed E-state index contributed by atoms with van der Waals surface area (Å²) in [4.78, 5) is 26.6. The van der Waals surface area contributed by atoms with Crippen LogP contribution in [0, 0.1) is 6.92 Å². The van der Waals surface area contributed by atoms with Gasteiger partial charge in [0.2, 0.25) is 11.8 Å². The summed E-state index contributed by atoms with van der Waals surface area (Å²) in [6.07, 6.45) is 1.50. The number of carbonyl (C=O) groups is 2. The van der Waals surface area contributed by atoms with Gasteiger partial charge in [0, 0.05) is 11.1 Å². The molecule has 2 heterocycles. The van der Waals surface area contributed by atoms with E-state index in [1.807, 2.05) is 4.90 Å². The Labute approximate surface area is 160 Å². The fraction of sp³-hybridized carbons (Fsp3) is 0.353. The van der Waals surface area contributed by atoms with Crippen molar-refractivity contribution in [2.24, 2.45) is 0 Å². The van der Waals surface area contributed by atoms with Crippen LogP contribution in [-0.2, 0) is 9.59 Å². The van der Waals surface area contributed by atoms with Crippen LogP contribution in [0.25, 0.3) is 0 Å². The molecule has 0 radical (unpaired) electrons. The van der Waals surface area contributed by atoms with Crippen LogP contribution in [0.1, 0.15) is 18.6 Å². The number of aromatic nitrogens is 1. The molecule has 1 atom stereocenters. The minimum atomic E-state index is -0.408. The lowest BCUT2D eigenvalue weighted by Gasteiger charge is -2.23. The lowest BCUT2D eigenvalue weighted by atomic mass is 10.2. The van der Waals surface area contributed by atoms with Crippen LogP contribution in [0.2, 0.25) is 10.0 Å². The van der Waals surface area contributed by atoms with E-state index in [1.54, 1.807) is 31.2 Å². The molecule has 0 spiro atoms. The third-order valence-electron chi connectivity index (χ3n) is 4.09. The van der Waals surface area contributed by atoms with Crippen molar-refractivity contribution in [1.82, 2.24) is 10.1 Å². The minimum Gasteiger partial charge on any atom is -0.360 e. The van der Waals surface area contributed by atoms with Crippen LogP contribution >= 0.6 is 23.2 Å². The summed E-state index contributed by atoms with van der Waals surface area (Å²) in [6, 6.07) is 6.10. The van der Waals surface area contributed by atoms with E-state index < -0.39 is 6.04 Å². The number of rotatable bonds is 5. The molecule has 1 aromatic carbocycles. The van der Waals surface area contributed by atoms with Gasteiger partial charge in [0.25, 0.3) is 0 Å². The van der Waals surface area contributed by atoms with Crippen molar-refractivity contribution in [3.63, 3.8) is 0 Å². The average Bonchev–Trinajstić information content (AvgIpc) is 3.20. The first-order valence-electron chi connectivity index (χ1n) is 8.15. The van der Waals surface area contributed by atoms with Gasteiger partial charge < -0.3 is 15.2 Å². The third-order valence-corrected chi connectivity index (χ3v) is 4.66. The van der Waals surface area contributed by atoms with Crippen LogP contribution in [0.5, 0.6) is 0 Å². The molecule has 0 bridgehead atoms. The number of halogens is 2. The molecule has 0 aliphatic carbocycles. The van der Waals surface area contributed by atoms with Gasteiger partial charge in [-0.25, -0.2) is 0 Å². The third kappa shape index (κ3) is 4.55. The topological polar surface area (TPSA) is 87.5 Å². The lowest BCUT2D eigenvalue weighted by Crippen LogP contribution is -2.43. The second-order valence-electron chi connectivity index (χ2n) is 6.11. The number of carbonyl (C=O) groups excluding carboxylic acids is 2. The zero-order chi connectivity index (χ0) is 18.7. The van der Waals surface area contributed by atoms with E-state index in [-0.39, 0.29) is 18.4 Å². The summed E-state index contributed by atoms with van der Waals surface area (Å²) in [5, 5.41) is 10.1. The fourth-order valence-corrected chi connectivity index (χ4v) is 3.25. The van der Waals surface area contributed by atoms with Crippen molar-refractivity contribution in [2.45, 2.75) is 25.8 Å². The Balaban J connectivity index is 1.61. The first-order valence-corrected chi connectivity index (χ1v) is 8.91. The number of nitrogens with one attached hydrogen (secondary N) is 2. The van der Waals surface area contributed by atoms with Crippen LogP contribution in [-0.4, -0.2) is 41.0 Å². The van der Waals surface area contributed by atoms with Crippen molar-refractivity contribution in [3.05, 3.63) is 40.1 Å². The minimum absolute atomic E-state index is 0.0905. The Bertz CT molecular complexity index is 824. The summed E-state index contributed by atoms with van der Waals surface area (Å²) in [6.45, 7) is 2.49. The highest BCUT2D eigenvalue weighted by Crippen LogP contribution is 2.27. The molecule has 1 aliphatic rings. The predicted molar refractivity (Wildman–Crippen MR) is 99.6 cm³/mol. The standard InChI is InChI=1S/C17H18Cl2N4O3/c1-10-7-15(22-26-10)21-16(24)9-23-6-2-3-14(23)17(25)20-13-8-11(18)4-5-12(13)19/h4-5,7-8,14H,2-3,6,9H2,1H3,(H,20,25)(H,21,22,24). The number of hydrogen-bond acceptors (Lipinski definition) is 5. The summed E-state index contributed by atoms with van der Waals surface area (Å²) in [5.41, 5.74) is 0.457. The highest BCUT2D eigenvalue weighted by Gasteiger charge is 2.32. The molecule has 1 aromatic heterocycles. The summed E-state index contributed by atoms with van der Waals surface area (Å²) < 4.78 is 4.92. The number of benzene rings is 1. The molecule has 1 unspecified atom stereocenters. The molecule has 138 valence electrons. The van der Waals surface area contributed by atoms with Crippen LogP contribution in [0.3, 0.4) is 0 Å². The lowest BCUT2D eigenvalue weighted by molar-refractivity contribution is -0.122. The summed E-state index contributed by atoms with van der Waals surface area (Å²) in [7, 11) is 0. The second-order valence-corrected chi connectivity index (χ2v) is 6.96. The number of amides is 2. The number of aryl methyl sites for hydroxylation is 1. The molecular formula is C17H18Cl2N4O3. The molecule has 2 N–H and O–H groups in total. The average molecular weight is 397 g/mol. The summed E-state index contributed by atoms with van der Waals surface area (Å²) >= 11 is 12.0. The van der Waals surface area contributed by atoms with E-state index in [4.69, 9.17) is 27.7 Å². The van der Waals surface area contributed by atoms with Crippen molar-refractivity contribution >= 4 is 46.5 Å². The maximum atomic E-state index is 12.6. The van der Waals surface area contributed by atoms with E-state index in [0.717, 1.165) is 6.42 Å². The quantitative estimate of drug-likeness (QED) is 0.808. The fourth-order valence-electron chi connectivity index (χ4n) is 2.91. The molecule has 1 fully saturated rings. The molecule has 3 rings (SSSR count). The van der Waals surface area contributed by atoms with Gasteiger partial charge in [-0.05, 0) is 44.5 Å².